The van der Waals surface area contributed by atoms with Gasteiger partial charge >= 0.3 is 7.82 Å². The van der Waals surface area contributed by atoms with Gasteiger partial charge in [0.2, 0.25) is 11.6 Å². The fourth-order valence-corrected chi connectivity index (χ4v) is 13.1. The van der Waals surface area contributed by atoms with E-state index >= 15 is 0 Å². The molecule has 3 unspecified atom stereocenters. The molecule has 2 spiro atoms. The predicted octanol–water partition coefficient (Wildman–Crippen LogP) is 8.08. The summed E-state index contributed by atoms with van der Waals surface area (Å²) < 4.78 is 52.1. The molecule has 8 heterocycles. The van der Waals surface area contributed by atoms with Crippen molar-refractivity contribution in [3.8, 4) is 5.75 Å². The summed E-state index contributed by atoms with van der Waals surface area (Å²) in [6.07, 6.45) is 7.17. The van der Waals surface area contributed by atoms with Crippen LogP contribution in [0, 0.1) is 53.3 Å². The van der Waals surface area contributed by atoms with Crippen LogP contribution >= 0.6 is 7.82 Å². The minimum atomic E-state index is -4.45. The Morgan fingerprint density at radius 3 is 1.70 bits per heavy atom. The molecule has 0 radical (unpaired) electrons. The number of fused-ring (bicyclic) bond motifs is 4. The molecule has 11 rings (SSSR count). The van der Waals surface area contributed by atoms with Gasteiger partial charge in [-0.3, -0.25) is 9.42 Å². The quantitative estimate of drug-likeness (QED) is 0.193. The van der Waals surface area contributed by atoms with Crippen LogP contribution in [0.15, 0.2) is 30.3 Å². The molecule has 1 aromatic rings. The summed E-state index contributed by atoms with van der Waals surface area (Å²) in [7, 11) is -4.45. The van der Waals surface area contributed by atoms with Crippen molar-refractivity contribution in [3.63, 3.8) is 0 Å². The molecule has 2 saturated carbocycles. The van der Waals surface area contributed by atoms with Crippen molar-refractivity contribution in [2.45, 2.75) is 153 Å². The molecule has 8 saturated heterocycles. The van der Waals surface area contributed by atoms with E-state index < -0.39 is 43.2 Å². The smallest absolute Gasteiger partial charge is 0.404 e. The number of benzene rings is 1. The van der Waals surface area contributed by atoms with Gasteiger partial charge in [0.05, 0.1) is 18.8 Å². The summed E-state index contributed by atoms with van der Waals surface area (Å²) >= 11 is 0. The van der Waals surface area contributed by atoms with Gasteiger partial charge in [-0.15, -0.1) is 0 Å². The van der Waals surface area contributed by atoms with Gasteiger partial charge in [-0.25, -0.2) is 24.1 Å². The second kappa shape index (κ2) is 13.5. The van der Waals surface area contributed by atoms with Crippen LogP contribution < -0.4 is 4.52 Å². The fourth-order valence-electron chi connectivity index (χ4n) is 12.2. The molecule has 296 valence electrons. The zero-order valence-corrected chi connectivity index (χ0v) is 33.0. The van der Waals surface area contributed by atoms with Crippen LogP contribution in [0.3, 0.4) is 0 Å². The lowest BCUT2D eigenvalue weighted by atomic mass is 9.56. The Morgan fingerprint density at radius 1 is 0.717 bits per heavy atom. The van der Waals surface area contributed by atoms with Crippen LogP contribution in [0.1, 0.15) is 106 Å². The molecule has 10 aliphatic rings. The minimum Gasteiger partial charge on any atom is -0.404 e. The lowest BCUT2D eigenvalue weighted by molar-refractivity contribution is -0.571. The highest BCUT2D eigenvalue weighted by molar-refractivity contribution is 7.47. The number of rotatable bonds is 9. The second-order valence-electron chi connectivity index (χ2n) is 18.4. The van der Waals surface area contributed by atoms with Crippen LogP contribution in [0.25, 0.3) is 0 Å². The number of hydrogen-bond donors (Lipinski definition) is 1. The molecule has 0 aromatic heterocycles. The van der Waals surface area contributed by atoms with Crippen LogP contribution in [0.4, 0.5) is 0 Å². The van der Waals surface area contributed by atoms with Crippen molar-refractivity contribution < 1.29 is 57.0 Å². The van der Waals surface area contributed by atoms with Gasteiger partial charge in [-0.1, -0.05) is 45.9 Å². The minimum absolute atomic E-state index is 0.0175. The molecule has 17 atom stereocenters. The Morgan fingerprint density at radius 2 is 1.21 bits per heavy atom. The van der Waals surface area contributed by atoms with E-state index in [0.717, 1.165) is 51.4 Å². The van der Waals surface area contributed by atoms with Gasteiger partial charge < -0.3 is 23.5 Å². The molecule has 10 fully saturated rings. The first-order valence-electron chi connectivity index (χ1n) is 20.4. The number of phosphoric acid groups is 1. The molecule has 4 bridgehead atoms. The van der Waals surface area contributed by atoms with Gasteiger partial charge in [0.1, 0.15) is 5.75 Å². The molecular formula is C40H59O12P. The maximum Gasteiger partial charge on any atom is 0.527 e. The van der Waals surface area contributed by atoms with Crippen molar-refractivity contribution in [3.05, 3.63) is 30.3 Å². The molecule has 53 heavy (non-hydrogen) atoms. The van der Waals surface area contributed by atoms with E-state index in [2.05, 4.69) is 27.7 Å². The van der Waals surface area contributed by atoms with Gasteiger partial charge in [0.15, 0.2) is 23.8 Å². The number of para-hydroxylation sites is 1. The van der Waals surface area contributed by atoms with Crippen molar-refractivity contribution >= 4 is 7.82 Å². The van der Waals surface area contributed by atoms with Crippen LogP contribution in [0.5, 0.6) is 5.75 Å². The van der Waals surface area contributed by atoms with E-state index in [1.54, 1.807) is 24.3 Å². The summed E-state index contributed by atoms with van der Waals surface area (Å²) in [6, 6.07) is 8.61. The third kappa shape index (κ3) is 6.20. The Kier molecular flexibility index (Phi) is 9.51. The molecule has 0 amide bonds. The van der Waals surface area contributed by atoms with Crippen molar-refractivity contribution in [2.24, 2.45) is 53.3 Å². The summed E-state index contributed by atoms with van der Waals surface area (Å²) in [5.41, 5.74) is -1.34. The summed E-state index contributed by atoms with van der Waals surface area (Å²) in [5, 5.41) is 0. The number of phosphoric ester groups is 1. The van der Waals surface area contributed by atoms with E-state index in [1.165, 1.54) is 0 Å². The van der Waals surface area contributed by atoms with Gasteiger partial charge in [0.25, 0.3) is 0 Å². The third-order valence-corrected chi connectivity index (χ3v) is 16.1. The summed E-state index contributed by atoms with van der Waals surface area (Å²) in [6.45, 7) is 13.0. The fraction of sp³-hybridized carbons (Fsp3) is 0.850. The van der Waals surface area contributed by atoms with Crippen molar-refractivity contribution in [2.75, 3.05) is 6.61 Å². The average molecular weight is 763 g/mol. The average Bonchev–Trinajstić information content (AvgIpc) is 3.50. The topological polar surface area (TPSA) is 130 Å². The first kappa shape index (κ1) is 37.4. The van der Waals surface area contributed by atoms with Crippen LogP contribution in [-0.4, -0.2) is 59.1 Å². The highest BCUT2D eigenvalue weighted by Crippen LogP contribution is 2.63. The van der Waals surface area contributed by atoms with E-state index in [1.807, 2.05) is 19.9 Å². The van der Waals surface area contributed by atoms with E-state index in [-0.39, 0.29) is 66.0 Å². The highest BCUT2D eigenvalue weighted by atomic mass is 31.2. The maximum atomic E-state index is 13.4. The summed E-state index contributed by atoms with van der Waals surface area (Å²) in [4.78, 5) is 35.9. The standard InChI is InChI=1S/C40H59O12P/c1-23-12-14-31-25(3)33(44-35-39(31)29(23)16-18-37(5,46-35)49-51-39)20-27(22-43-53(41,42)48-28-10-8-7-9-11-28)21-34-26(4)32-15-13-24(2)30-17-19-38(6)47-36(45-34)40(30,32)52-50-38/h7-11,23-27,29-36H,12-22H2,1-6H3,(H,41,42)/t23-,24-,25-,26-,27?,29+,30+,31+,32+,33-,34-,35-,36-,37?,38?,39-,40-/m1/s1. The second-order valence-corrected chi connectivity index (χ2v) is 19.8. The highest BCUT2D eigenvalue weighted by Gasteiger charge is 2.71. The SMILES string of the molecule is C[C@H]1[C@@H](CC(COP(=O)(O)Oc2ccccc2)C[C@H]2O[C@@H]3OC4(C)CC[C@H]5[C@H](C)CC[C@@H]([C@H]2C)[C@@]35OO4)O[C@@H]2OC3(C)CC[C@H]4[C@H](C)CC[C@@H]1[C@@]24OO3. The predicted molar refractivity (Wildman–Crippen MR) is 189 cm³/mol. The molecule has 1 N–H and O–H groups in total. The lowest BCUT2D eigenvalue weighted by Gasteiger charge is -2.61. The molecular weight excluding hydrogens is 703 g/mol. The van der Waals surface area contributed by atoms with E-state index in [0.29, 0.717) is 24.7 Å². The molecule has 12 nitrogen and oxygen atoms in total. The third-order valence-electron chi connectivity index (χ3n) is 15.2. The van der Waals surface area contributed by atoms with Crippen LogP contribution in [-0.2, 0) is 47.6 Å². The molecule has 2 aliphatic carbocycles. The normalized spacial score (nSPS) is 51.6. The summed E-state index contributed by atoms with van der Waals surface area (Å²) in [5.74, 6) is 0.320. The van der Waals surface area contributed by atoms with Crippen molar-refractivity contribution in [1.29, 1.82) is 0 Å². The van der Waals surface area contributed by atoms with E-state index in [9.17, 15) is 9.46 Å². The van der Waals surface area contributed by atoms with Crippen LogP contribution in [0.2, 0.25) is 0 Å². The maximum absolute atomic E-state index is 13.4. The van der Waals surface area contributed by atoms with Crippen molar-refractivity contribution in [1.82, 2.24) is 0 Å². The van der Waals surface area contributed by atoms with Gasteiger partial charge in [0, 0.05) is 24.7 Å². The molecule has 13 heteroatoms. The molecule has 1 aromatic carbocycles. The Labute approximate surface area is 313 Å². The van der Waals surface area contributed by atoms with Gasteiger partial charge in [-0.2, -0.15) is 0 Å². The number of hydrogen-bond acceptors (Lipinski definition) is 11. The number of ether oxygens (including phenoxy) is 4. The first-order valence-corrected chi connectivity index (χ1v) is 21.9. The monoisotopic (exact) mass is 762 g/mol. The van der Waals surface area contributed by atoms with Gasteiger partial charge in [-0.05, 0) is 119 Å². The zero-order chi connectivity index (χ0) is 37.0. The Balaban J connectivity index is 0.994. The first-order chi connectivity index (χ1) is 25.2. The Hall–Kier alpha value is -1.15. The largest absolute Gasteiger partial charge is 0.527 e. The zero-order valence-electron chi connectivity index (χ0n) is 32.1. The Bertz CT molecular complexity index is 1470. The lowest BCUT2D eigenvalue weighted by Crippen LogP contribution is -2.70. The molecule has 8 aliphatic heterocycles. The van der Waals surface area contributed by atoms with E-state index in [4.69, 9.17) is 47.5 Å².